The van der Waals surface area contributed by atoms with Crippen LogP contribution in [0, 0.1) is 0 Å². The lowest BCUT2D eigenvalue weighted by molar-refractivity contribution is 0.110. The first-order valence-electron chi connectivity index (χ1n) is 8.13. The van der Waals surface area contributed by atoms with E-state index in [1.165, 1.54) is 31.5 Å². The van der Waals surface area contributed by atoms with Crippen LogP contribution in [0.1, 0.15) is 58.7 Å². The minimum Gasteiger partial charge on any atom is -0.313 e. The van der Waals surface area contributed by atoms with E-state index in [1.807, 2.05) is 0 Å². The Hall–Kier alpha value is -0.870. The van der Waals surface area contributed by atoms with Gasteiger partial charge in [-0.05, 0) is 52.8 Å². The van der Waals surface area contributed by atoms with E-state index >= 15 is 0 Å². The Morgan fingerprint density at radius 2 is 2.15 bits per heavy atom. The van der Waals surface area contributed by atoms with E-state index in [-0.39, 0.29) is 0 Å². The fourth-order valence-corrected chi connectivity index (χ4v) is 3.19. The van der Waals surface area contributed by atoms with E-state index in [9.17, 15) is 0 Å². The summed E-state index contributed by atoms with van der Waals surface area (Å²) < 4.78 is 2.06. The summed E-state index contributed by atoms with van der Waals surface area (Å²) in [7, 11) is 0. The predicted octanol–water partition coefficient (Wildman–Crippen LogP) is 2.82. The summed E-state index contributed by atoms with van der Waals surface area (Å²) in [4.78, 5) is 2.61. The molecule has 0 radical (unpaired) electrons. The van der Waals surface area contributed by atoms with Gasteiger partial charge in [0.05, 0.1) is 5.69 Å². The molecular formula is C16H30N4. The van der Waals surface area contributed by atoms with Crippen molar-refractivity contribution < 1.29 is 0 Å². The van der Waals surface area contributed by atoms with Gasteiger partial charge < -0.3 is 5.32 Å². The highest BCUT2D eigenvalue weighted by Gasteiger charge is 2.27. The summed E-state index contributed by atoms with van der Waals surface area (Å²) >= 11 is 0. The average Bonchev–Trinajstić information content (AvgIpc) is 2.88. The van der Waals surface area contributed by atoms with Crippen molar-refractivity contribution in [3.63, 3.8) is 0 Å². The smallest absolute Gasteiger partial charge is 0.0765 e. The van der Waals surface area contributed by atoms with E-state index in [2.05, 4.69) is 54.9 Å². The van der Waals surface area contributed by atoms with Crippen molar-refractivity contribution in [2.75, 3.05) is 13.1 Å². The van der Waals surface area contributed by atoms with Gasteiger partial charge in [0.1, 0.15) is 0 Å². The molecular weight excluding hydrogens is 248 g/mol. The molecule has 0 amide bonds. The molecule has 1 saturated heterocycles. The molecule has 0 saturated carbocycles. The molecule has 1 N–H and O–H groups in total. The van der Waals surface area contributed by atoms with Crippen LogP contribution >= 0.6 is 0 Å². The normalized spacial score (nSPS) is 22.4. The molecule has 1 aromatic rings. The summed E-state index contributed by atoms with van der Waals surface area (Å²) in [5.74, 6) is 0. The second-order valence-corrected chi connectivity index (χ2v) is 6.26. The zero-order chi connectivity index (χ0) is 14.5. The SMILES string of the molecule is CCNC(C)C1CCCCN1Cc1ccn(C(C)C)n1. The molecule has 0 spiro atoms. The molecule has 2 unspecified atom stereocenters. The Bertz CT molecular complexity index is 399. The van der Waals surface area contributed by atoms with Crippen LogP contribution in [0.15, 0.2) is 12.3 Å². The van der Waals surface area contributed by atoms with E-state index in [4.69, 9.17) is 5.10 Å². The number of likely N-dealkylation sites (tertiary alicyclic amines) is 1. The van der Waals surface area contributed by atoms with Crippen molar-refractivity contribution in [3.8, 4) is 0 Å². The van der Waals surface area contributed by atoms with Gasteiger partial charge in [-0.3, -0.25) is 9.58 Å². The number of hydrogen-bond acceptors (Lipinski definition) is 3. The van der Waals surface area contributed by atoms with Gasteiger partial charge in [-0.15, -0.1) is 0 Å². The molecule has 0 aromatic carbocycles. The quantitative estimate of drug-likeness (QED) is 0.868. The molecule has 4 nitrogen and oxygen atoms in total. The van der Waals surface area contributed by atoms with Crippen LogP contribution in [-0.4, -0.2) is 39.9 Å². The van der Waals surface area contributed by atoms with E-state index in [1.54, 1.807) is 0 Å². The van der Waals surface area contributed by atoms with Gasteiger partial charge in [-0.1, -0.05) is 13.3 Å². The minimum atomic E-state index is 0.446. The van der Waals surface area contributed by atoms with Crippen LogP contribution in [0.3, 0.4) is 0 Å². The Balaban J connectivity index is 2.00. The van der Waals surface area contributed by atoms with Gasteiger partial charge in [-0.2, -0.15) is 5.10 Å². The second-order valence-electron chi connectivity index (χ2n) is 6.26. The van der Waals surface area contributed by atoms with Gasteiger partial charge in [0, 0.05) is 30.9 Å². The molecule has 0 bridgehead atoms. The number of nitrogens with zero attached hydrogens (tertiary/aromatic N) is 3. The number of aromatic nitrogens is 2. The summed E-state index contributed by atoms with van der Waals surface area (Å²) in [6, 6.07) is 3.82. The van der Waals surface area contributed by atoms with Gasteiger partial charge in [0.15, 0.2) is 0 Å². The lowest BCUT2D eigenvalue weighted by Crippen LogP contribution is -2.50. The first-order valence-corrected chi connectivity index (χ1v) is 8.13. The summed E-state index contributed by atoms with van der Waals surface area (Å²) in [6.07, 6.45) is 6.09. The maximum atomic E-state index is 4.70. The van der Waals surface area contributed by atoms with E-state index in [0.29, 0.717) is 18.1 Å². The van der Waals surface area contributed by atoms with Crippen molar-refractivity contribution in [2.45, 2.75) is 71.6 Å². The lowest BCUT2D eigenvalue weighted by atomic mass is 9.96. The molecule has 1 fully saturated rings. The highest BCUT2D eigenvalue weighted by molar-refractivity contribution is 5.01. The highest BCUT2D eigenvalue weighted by Crippen LogP contribution is 2.22. The van der Waals surface area contributed by atoms with Crippen LogP contribution < -0.4 is 5.32 Å². The molecule has 0 aliphatic carbocycles. The minimum absolute atomic E-state index is 0.446. The van der Waals surface area contributed by atoms with Crippen LogP contribution in [0.25, 0.3) is 0 Å². The topological polar surface area (TPSA) is 33.1 Å². The molecule has 1 aromatic heterocycles. The van der Waals surface area contributed by atoms with Crippen molar-refractivity contribution in [3.05, 3.63) is 18.0 Å². The summed E-state index contributed by atoms with van der Waals surface area (Å²) in [5.41, 5.74) is 1.20. The second kappa shape index (κ2) is 7.23. The van der Waals surface area contributed by atoms with Crippen molar-refractivity contribution in [1.29, 1.82) is 0 Å². The van der Waals surface area contributed by atoms with Crippen LogP contribution in [0.4, 0.5) is 0 Å². The van der Waals surface area contributed by atoms with Gasteiger partial charge >= 0.3 is 0 Å². The molecule has 2 atom stereocenters. The molecule has 4 heteroatoms. The third-order valence-corrected chi connectivity index (χ3v) is 4.33. The number of nitrogens with one attached hydrogen (secondary N) is 1. The summed E-state index contributed by atoms with van der Waals surface area (Å²) in [5, 5.41) is 8.29. The number of rotatable bonds is 6. The first-order chi connectivity index (χ1) is 9.61. The molecule has 20 heavy (non-hydrogen) atoms. The Kier molecular flexibility index (Phi) is 5.61. The maximum Gasteiger partial charge on any atom is 0.0765 e. The first kappa shape index (κ1) is 15.5. The maximum absolute atomic E-state index is 4.70. The average molecular weight is 278 g/mol. The van der Waals surface area contributed by atoms with E-state index < -0.39 is 0 Å². The zero-order valence-electron chi connectivity index (χ0n) is 13.5. The monoisotopic (exact) mass is 278 g/mol. The summed E-state index contributed by atoms with van der Waals surface area (Å²) in [6.45, 7) is 12.1. The van der Waals surface area contributed by atoms with Crippen LogP contribution in [0.2, 0.25) is 0 Å². The molecule has 114 valence electrons. The van der Waals surface area contributed by atoms with Crippen LogP contribution in [0.5, 0.6) is 0 Å². The van der Waals surface area contributed by atoms with Gasteiger partial charge in [0.2, 0.25) is 0 Å². The third-order valence-electron chi connectivity index (χ3n) is 4.33. The Morgan fingerprint density at radius 1 is 1.35 bits per heavy atom. The fraction of sp³-hybridized carbons (Fsp3) is 0.812. The largest absolute Gasteiger partial charge is 0.313 e. The van der Waals surface area contributed by atoms with Gasteiger partial charge in [0.25, 0.3) is 0 Å². The number of likely N-dealkylation sites (N-methyl/N-ethyl adjacent to an activating group) is 1. The Labute approximate surface area is 123 Å². The van der Waals surface area contributed by atoms with Crippen molar-refractivity contribution in [1.82, 2.24) is 20.0 Å². The third kappa shape index (κ3) is 3.83. The Morgan fingerprint density at radius 3 is 2.80 bits per heavy atom. The molecule has 1 aliphatic rings. The van der Waals surface area contributed by atoms with Crippen molar-refractivity contribution >= 4 is 0 Å². The van der Waals surface area contributed by atoms with E-state index in [0.717, 1.165) is 13.1 Å². The van der Waals surface area contributed by atoms with Crippen LogP contribution in [-0.2, 0) is 6.54 Å². The zero-order valence-corrected chi connectivity index (χ0v) is 13.5. The molecule has 1 aliphatic heterocycles. The van der Waals surface area contributed by atoms with Crippen molar-refractivity contribution in [2.24, 2.45) is 0 Å². The standard InChI is InChI=1S/C16H30N4/c1-5-17-14(4)16-8-6-7-10-19(16)12-15-9-11-20(18-15)13(2)3/h9,11,13-14,16-17H,5-8,10,12H2,1-4H3. The number of hydrogen-bond donors (Lipinski definition) is 1. The predicted molar refractivity (Wildman–Crippen MR) is 83.8 cm³/mol. The fourth-order valence-electron chi connectivity index (χ4n) is 3.19. The molecule has 2 heterocycles. The number of piperidine rings is 1. The highest BCUT2D eigenvalue weighted by atomic mass is 15.3. The van der Waals surface area contributed by atoms with Gasteiger partial charge in [-0.25, -0.2) is 0 Å². The molecule has 2 rings (SSSR count). The lowest BCUT2D eigenvalue weighted by Gasteiger charge is -2.39.